The van der Waals surface area contributed by atoms with Crippen LogP contribution in [-0.2, 0) is 9.47 Å². The van der Waals surface area contributed by atoms with Crippen LogP contribution in [0.25, 0.3) is 11.1 Å². The third-order valence-corrected chi connectivity index (χ3v) is 4.74. The molecule has 3 rings (SSSR count). The van der Waals surface area contributed by atoms with Crippen LogP contribution < -0.4 is 0 Å². The Hall–Kier alpha value is -2.34. The van der Waals surface area contributed by atoms with Crippen molar-refractivity contribution in [1.82, 2.24) is 0 Å². The molecule has 2 aromatic rings. The molecular formula is C21H21F3O3. The van der Waals surface area contributed by atoms with Crippen molar-refractivity contribution in [2.45, 2.75) is 45.3 Å². The molecule has 0 aliphatic carbocycles. The number of hydrogen-bond acceptors (Lipinski definition) is 3. The Morgan fingerprint density at radius 2 is 1.56 bits per heavy atom. The lowest BCUT2D eigenvalue weighted by Crippen LogP contribution is -2.45. The Morgan fingerprint density at radius 1 is 1.00 bits per heavy atom. The first-order chi connectivity index (χ1) is 12.7. The van der Waals surface area contributed by atoms with Gasteiger partial charge in [0.1, 0.15) is 0 Å². The smallest absolute Gasteiger partial charge is 0.415 e. The highest BCUT2D eigenvalue weighted by Gasteiger charge is 2.48. The summed E-state index contributed by atoms with van der Waals surface area (Å²) in [5, 5.41) is 0. The fraction of sp³-hybridized carbons (Fsp3) is 0.381. The zero-order valence-corrected chi connectivity index (χ0v) is 15.1. The van der Waals surface area contributed by atoms with E-state index in [-0.39, 0.29) is 18.4 Å². The first kappa shape index (κ1) is 19.4. The molecular weight excluding hydrogens is 357 g/mol. The number of benzene rings is 2. The second-order valence-corrected chi connectivity index (χ2v) is 6.93. The number of alkyl halides is 3. The fourth-order valence-corrected chi connectivity index (χ4v) is 3.13. The summed E-state index contributed by atoms with van der Waals surface area (Å²) < 4.78 is 49.1. The lowest BCUT2D eigenvalue weighted by Gasteiger charge is -2.35. The summed E-state index contributed by atoms with van der Waals surface area (Å²) in [5.41, 5.74) is 3.37. The topological polar surface area (TPSA) is 35.5 Å². The quantitative estimate of drug-likeness (QED) is 0.660. The predicted molar refractivity (Wildman–Crippen MR) is 95.1 cm³/mol. The molecule has 1 saturated heterocycles. The van der Waals surface area contributed by atoms with Crippen LogP contribution in [0.5, 0.6) is 0 Å². The zero-order valence-electron chi connectivity index (χ0n) is 15.1. The maximum Gasteiger partial charge on any atom is 0.415 e. The van der Waals surface area contributed by atoms with Gasteiger partial charge in [-0.1, -0.05) is 48.9 Å². The van der Waals surface area contributed by atoms with Crippen LogP contribution in [0.15, 0.2) is 48.5 Å². The number of carbonyl (C=O) groups is 1. The van der Waals surface area contributed by atoms with Gasteiger partial charge in [0.25, 0.3) is 0 Å². The van der Waals surface area contributed by atoms with E-state index in [0.717, 1.165) is 16.7 Å². The van der Waals surface area contributed by atoms with E-state index in [0.29, 0.717) is 0 Å². The molecule has 27 heavy (non-hydrogen) atoms. The number of aryl methyl sites for hydroxylation is 1. The van der Waals surface area contributed by atoms with Crippen molar-refractivity contribution < 1.29 is 27.4 Å². The van der Waals surface area contributed by atoms with Gasteiger partial charge < -0.3 is 9.47 Å². The standard InChI is InChI=1S/C21H21F3O3/c1-13-3-6-15(7-4-13)16-8-10-17(11-9-16)20(25)27-18-12-5-14(2)19(26-18)21(22,23)24/h3-4,6-11,14,18-19H,5,12H2,1-2H3. The minimum Gasteiger partial charge on any atom is -0.432 e. The van der Waals surface area contributed by atoms with E-state index in [1.807, 2.05) is 31.2 Å². The van der Waals surface area contributed by atoms with E-state index in [1.54, 1.807) is 24.3 Å². The predicted octanol–water partition coefficient (Wildman–Crippen LogP) is 5.52. The third-order valence-electron chi connectivity index (χ3n) is 4.74. The third kappa shape index (κ3) is 4.69. The fourth-order valence-electron chi connectivity index (χ4n) is 3.13. The summed E-state index contributed by atoms with van der Waals surface area (Å²) in [5.74, 6) is -1.35. The minimum atomic E-state index is -4.47. The SMILES string of the molecule is Cc1ccc(-c2ccc(C(=O)OC3CCC(C)C(C(F)(F)F)O3)cc2)cc1. The Balaban J connectivity index is 1.65. The lowest BCUT2D eigenvalue weighted by atomic mass is 9.95. The van der Waals surface area contributed by atoms with Gasteiger partial charge in [-0.3, -0.25) is 0 Å². The summed E-state index contributed by atoms with van der Waals surface area (Å²) in [6, 6.07) is 14.7. The number of halogens is 3. The Labute approximate surface area is 156 Å². The lowest BCUT2D eigenvalue weighted by molar-refractivity contribution is -0.291. The highest BCUT2D eigenvalue weighted by Crippen LogP contribution is 2.36. The van der Waals surface area contributed by atoms with E-state index in [2.05, 4.69) is 0 Å². The van der Waals surface area contributed by atoms with Crippen molar-refractivity contribution in [1.29, 1.82) is 0 Å². The molecule has 1 fully saturated rings. The van der Waals surface area contributed by atoms with Gasteiger partial charge in [-0.05, 0) is 42.5 Å². The molecule has 3 nitrogen and oxygen atoms in total. The van der Waals surface area contributed by atoms with E-state index < -0.39 is 30.5 Å². The van der Waals surface area contributed by atoms with Crippen molar-refractivity contribution in [3.8, 4) is 11.1 Å². The van der Waals surface area contributed by atoms with Crippen molar-refractivity contribution in [2.24, 2.45) is 5.92 Å². The molecule has 2 aromatic carbocycles. The van der Waals surface area contributed by atoms with Crippen LogP contribution in [0.2, 0.25) is 0 Å². The van der Waals surface area contributed by atoms with Crippen LogP contribution >= 0.6 is 0 Å². The largest absolute Gasteiger partial charge is 0.432 e. The van der Waals surface area contributed by atoms with Crippen molar-refractivity contribution in [3.05, 3.63) is 59.7 Å². The highest BCUT2D eigenvalue weighted by atomic mass is 19.4. The number of carbonyl (C=O) groups excluding carboxylic acids is 1. The molecule has 1 aliphatic heterocycles. The van der Waals surface area contributed by atoms with Crippen LogP contribution in [0.4, 0.5) is 13.2 Å². The molecule has 6 heteroatoms. The Bertz CT molecular complexity index is 782. The molecule has 1 aliphatic rings. The Morgan fingerprint density at radius 3 is 2.11 bits per heavy atom. The first-order valence-corrected chi connectivity index (χ1v) is 8.84. The normalized spacial score (nSPS) is 23.1. The summed E-state index contributed by atoms with van der Waals surface area (Å²) in [7, 11) is 0. The highest BCUT2D eigenvalue weighted by molar-refractivity contribution is 5.90. The van der Waals surface area contributed by atoms with Crippen molar-refractivity contribution in [2.75, 3.05) is 0 Å². The second kappa shape index (κ2) is 7.72. The average molecular weight is 378 g/mol. The van der Waals surface area contributed by atoms with Gasteiger partial charge in [-0.15, -0.1) is 0 Å². The van der Waals surface area contributed by atoms with Crippen LogP contribution in [0.3, 0.4) is 0 Å². The molecule has 0 N–H and O–H groups in total. The molecule has 1 heterocycles. The van der Waals surface area contributed by atoms with Gasteiger partial charge in [0.15, 0.2) is 6.10 Å². The van der Waals surface area contributed by atoms with Crippen molar-refractivity contribution in [3.63, 3.8) is 0 Å². The Kier molecular flexibility index (Phi) is 5.56. The van der Waals surface area contributed by atoms with E-state index >= 15 is 0 Å². The molecule has 0 radical (unpaired) electrons. The maximum absolute atomic E-state index is 13.0. The summed E-state index contributed by atoms with van der Waals surface area (Å²) >= 11 is 0. The molecule has 0 bridgehead atoms. The summed E-state index contributed by atoms with van der Waals surface area (Å²) in [4.78, 5) is 12.3. The number of hydrogen-bond donors (Lipinski definition) is 0. The first-order valence-electron chi connectivity index (χ1n) is 8.84. The molecule has 144 valence electrons. The molecule has 0 spiro atoms. The van der Waals surface area contributed by atoms with E-state index in [4.69, 9.17) is 9.47 Å². The molecule has 0 saturated carbocycles. The van der Waals surface area contributed by atoms with E-state index in [9.17, 15) is 18.0 Å². The van der Waals surface area contributed by atoms with Gasteiger partial charge in [0.2, 0.25) is 6.29 Å². The van der Waals surface area contributed by atoms with Gasteiger partial charge in [0, 0.05) is 6.42 Å². The van der Waals surface area contributed by atoms with E-state index in [1.165, 1.54) is 6.92 Å². The summed E-state index contributed by atoms with van der Waals surface area (Å²) in [6.45, 7) is 3.49. The van der Waals surface area contributed by atoms with Gasteiger partial charge in [0.05, 0.1) is 5.56 Å². The average Bonchev–Trinajstić information content (AvgIpc) is 2.63. The second-order valence-electron chi connectivity index (χ2n) is 6.93. The van der Waals surface area contributed by atoms with Gasteiger partial charge >= 0.3 is 12.1 Å². The number of rotatable bonds is 3. The molecule has 0 aromatic heterocycles. The van der Waals surface area contributed by atoms with Crippen LogP contribution in [-0.4, -0.2) is 24.5 Å². The number of ether oxygens (including phenoxy) is 2. The minimum absolute atomic E-state index is 0.251. The van der Waals surface area contributed by atoms with Crippen molar-refractivity contribution >= 4 is 5.97 Å². The monoisotopic (exact) mass is 378 g/mol. The molecule has 3 atom stereocenters. The summed E-state index contributed by atoms with van der Waals surface area (Å²) in [6.07, 6.45) is -7.03. The van der Waals surface area contributed by atoms with Gasteiger partial charge in [-0.2, -0.15) is 13.2 Å². The van der Waals surface area contributed by atoms with Gasteiger partial charge in [-0.25, -0.2) is 4.79 Å². The molecule has 3 unspecified atom stereocenters. The zero-order chi connectivity index (χ0) is 19.6. The van der Waals surface area contributed by atoms with Crippen LogP contribution in [0.1, 0.15) is 35.7 Å². The van der Waals surface area contributed by atoms with Crippen LogP contribution in [0, 0.1) is 12.8 Å². The maximum atomic E-state index is 13.0. The number of esters is 1. The molecule has 0 amide bonds.